The molecule has 1 atom stereocenters. The maximum Gasteiger partial charge on any atom is 0.226 e. The first-order valence-electron chi connectivity index (χ1n) is 10.2. The fourth-order valence-electron chi connectivity index (χ4n) is 3.80. The highest BCUT2D eigenvalue weighted by Gasteiger charge is 2.25. The van der Waals surface area contributed by atoms with E-state index in [1.54, 1.807) is 16.8 Å². The summed E-state index contributed by atoms with van der Waals surface area (Å²) in [4.78, 5) is 19.2. The van der Waals surface area contributed by atoms with Gasteiger partial charge in [-0.3, -0.25) is 14.5 Å². The molecule has 4 rings (SSSR count). The minimum absolute atomic E-state index is 0.0584. The third-order valence-electron chi connectivity index (χ3n) is 5.40. The van der Waals surface area contributed by atoms with Gasteiger partial charge in [0.2, 0.25) is 5.91 Å². The van der Waals surface area contributed by atoms with Crippen LogP contribution in [0.1, 0.15) is 30.9 Å². The van der Waals surface area contributed by atoms with Crippen molar-refractivity contribution in [2.45, 2.75) is 25.2 Å². The van der Waals surface area contributed by atoms with Gasteiger partial charge in [0.15, 0.2) is 0 Å². The van der Waals surface area contributed by atoms with Crippen molar-refractivity contribution in [1.29, 1.82) is 0 Å². The van der Waals surface area contributed by atoms with Crippen molar-refractivity contribution in [3.8, 4) is 16.9 Å². The minimum atomic E-state index is -0.347. The first kappa shape index (κ1) is 20.1. The van der Waals surface area contributed by atoms with E-state index in [4.69, 9.17) is 4.74 Å². The number of rotatable bonds is 6. The molecule has 6 nitrogen and oxygen atoms in total. The molecule has 3 heterocycles. The van der Waals surface area contributed by atoms with Crippen LogP contribution in [0.2, 0.25) is 0 Å². The van der Waals surface area contributed by atoms with Gasteiger partial charge in [-0.05, 0) is 31.0 Å². The van der Waals surface area contributed by atoms with E-state index in [1.165, 1.54) is 12.1 Å². The molecule has 1 saturated heterocycles. The third kappa shape index (κ3) is 4.84. The van der Waals surface area contributed by atoms with Crippen LogP contribution in [0.3, 0.4) is 0 Å². The summed E-state index contributed by atoms with van der Waals surface area (Å²) in [6.45, 7) is 1.66. The second-order valence-electron chi connectivity index (χ2n) is 7.61. The Bertz CT molecular complexity index is 1000. The molecular weight excluding hydrogens is 383 g/mol. The lowest BCUT2D eigenvalue weighted by atomic mass is 9.93. The van der Waals surface area contributed by atoms with Gasteiger partial charge in [-0.2, -0.15) is 5.10 Å². The molecule has 7 heteroatoms. The average molecular weight is 408 g/mol. The lowest BCUT2D eigenvalue weighted by Crippen LogP contribution is -2.39. The summed E-state index contributed by atoms with van der Waals surface area (Å²) in [5, 5.41) is 4.20. The lowest BCUT2D eigenvalue weighted by molar-refractivity contribution is -0.132. The fourth-order valence-corrected chi connectivity index (χ4v) is 3.80. The highest BCUT2D eigenvalue weighted by atomic mass is 19.1. The quantitative estimate of drug-likeness (QED) is 0.623. The molecular formula is C23H25FN4O2. The number of amides is 1. The van der Waals surface area contributed by atoms with Crippen molar-refractivity contribution in [2.24, 2.45) is 7.05 Å². The number of halogens is 1. The Balaban J connectivity index is 1.31. The largest absolute Gasteiger partial charge is 0.493 e. The van der Waals surface area contributed by atoms with Crippen molar-refractivity contribution in [3.05, 3.63) is 66.5 Å². The normalized spacial score (nSPS) is 16.5. The summed E-state index contributed by atoms with van der Waals surface area (Å²) < 4.78 is 20.5. The second-order valence-corrected chi connectivity index (χ2v) is 7.61. The number of ether oxygens (including phenoxy) is 1. The summed E-state index contributed by atoms with van der Waals surface area (Å²) >= 11 is 0. The molecule has 0 N–H and O–H groups in total. The highest BCUT2D eigenvalue weighted by Crippen LogP contribution is 2.27. The molecule has 0 radical (unpaired) electrons. The lowest BCUT2D eigenvalue weighted by Gasteiger charge is -2.32. The van der Waals surface area contributed by atoms with E-state index >= 15 is 0 Å². The predicted molar refractivity (Wildman–Crippen MR) is 112 cm³/mol. The van der Waals surface area contributed by atoms with Crippen molar-refractivity contribution in [1.82, 2.24) is 19.7 Å². The number of hydrogen-bond acceptors (Lipinski definition) is 4. The van der Waals surface area contributed by atoms with Gasteiger partial charge in [0.25, 0.3) is 0 Å². The van der Waals surface area contributed by atoms with E-state index in [0.717, 1.165) is 36.2 Å². The smallest absolute Gasteiger partial charge is 0.226 e. The molecule has 0 bridgehead atoms. The number of likely N-dealkylation sites (tertiary alicyclic amines) is 1. The maximum atomic E-state index is 13.2. The summed E-state index contributed by atoms with van der Waals surface area (Å²) in [5.74, 6) is 0.384. The molecule has 1 aromatic carbocycles. The van der Waals surface area contributed by atoms with Crippen molar-refractivity contribution >= 4 is 5.91 Å². The highest BCUT2D eigenvalue weighted by molar-refractivity contribution is 5.76. The third-order valence-corrected chi connectivity index (χ3v) is 5.40. The number of aryl methyl sites for hydroxylation is 1. The van der Waals surface area contributed by atoms with Crippen molar-refractivity contribution < 1.29 is 13.9 Å². The molecule has 0 spiro atoms. The van der Waals surface area contributed by atoms with Gasteiger partial charge in [-0.15, -0.1) is 0 Å². The van der Waals surface area contributed by atoms with Crippen molar-refractivity contribution in [3.63, 3.8) is 0 Å². The number of aromatic nitrogens is 3. The Labute approximate surface area is 175 Å². The first-order valence-corrected chi connectivity index (χ1v) is 10.2. The zero-order valence-electron chi connectivity index (χ0n) is 17.0. The summed E-state index contributed by atoms with van der Waals surface area (Å²) in [5.41, 5.74) is 3.08. The number of benzene rings is 1. The molecule has 3 aromatic rings. The van der Waals surface area contributed by atoms with E-state index in [1.807, 2.05) is 36.6 Å². The van der Waals surface area contributed by atoms with E-state index in [2.05, 4.69) is 16.1 Å². The summed E-state index contributed by atoms with van der Waals surface area (Å²) in [7, 11) is 1.89. The Hall–Kier alpha value is -3.22. The van der Waals surface area contributed by atoms with Crippen LogP contribution in [0.5, 0.6) is 5.75 Å². The number of nitrogens with zero attached hydrogens (tertiary/aromatic N) is 4. The second kappa shape index (κ2) is 9.07. The standard InChI is InChI=1S/C23H25FN4O2/c1-27-15-19(14-26-27)17-7-8-22(25-13-17)18-4-3-10-28(16-18)23(29)9-11-30-21-6-2-5-20(24)12-21/h2,5-8,12-15,18H,3-4,9-11,16H2,1H3. The maximum absolute atomic E-state index is 13.2. The Morgan fingerprint density at radius 1 is 1.23 bits per heavy atom. The molecule has 1 aliphatic heterocycles. The van der Waals surface area contributed by atoms with Crippen LogP contribution in [-0.2, 0) is 11.8 Å². The number of pyridine rings is 1. The van der Waals surface area contributed by atoms with E-state index < -0.39 is 0 Å². The SMILES string of the molecule is Cn1cc(-c2ccc(C3CCCN(C(=O)CCOc4cccc(F)c4)C3)nc2)cn1. The average Bonchev–Trinajstić information content (AvgIpc) is 3.20. The van der Waals surface area contributed by atoms with E-state index in [9.17, 15) is 9.18 Å². The van der Waals surface area contributed by atoms with Crippen LogP contribution in [0.25, 0.3) is 11.1 Å². The molecule has 1 fully saturated rings. The van der Waals surface area contributed by atoms with Crippen molar-refractivity contribution in [2.75, 3.05) is 19.7 Å². The molecule has 1 amide bonds. The van der Waals surface area contributed by atoms with Gasteiger partial charge in [0, 0.05) is 61.3 Å². The Morgan fingerprint density at radius 3 is 2.87 bits per heavy atom. The van der Waals surface area contributed by atoms with Gasteiger partial charge in [-0.25, -0.2) is 4.39 Å². The molecule has 0 saturated carbocycles. The first-order chi connectivity index (χ1) is 14.6. The van der Waals surface area contributed by atoms with Crippen LogP contribution in [0.4, 0.5) is 4.39 Å². The van der Waals surface area contributed by atoms with E-state index in [-0.39, 0.29) is 30.7 Å². The van der Waals surface area contributed by atoms with Gasteiger partial charge in [0.05, 0.1) is 19.2 Å². The number of carbonyl (C=O) groups is 1. The van der Waals surface area contributed by atoms with Crippen LogP contribution >= 0.6 is 0 Å². The van der Waals surface area contributed by atoms with E-state index in [0.29, 0.717) is 12.3 Å². The summed E-state index contributed by atoms with van der Waals surface area (Å²) in [6, 6.07) is 10.1. The molecule has 30 heavy (non-hydrogen) atoms. The zero-order valence-corrected chi connectivity index (χ0v) is 17.0. The molecule has 1 aliphatic rings. The molecule has 0 aliphatic carbocycles. The molecule has 2 aromatic heterocycles. The molecule has 1 unspecified atom stereocenters. The Morgan fingerprint density at radius 2 is 2.13 bits per heavy atom. The van der Waals surface area contributed by atoms with Crippen LogP contribution < -0.4 is 4.74 Å². The van der Waals surface area contributed by atoms with Gasteiger partial charge in [-0.1, -0.05) is 12.1 Å². The number of piperidine rings is 1. The van der Waals surface area contributed by atoms with Gasteiger partial charge >= 0.3 is 0 Å². The van der Waals surface area contributed by atoms with Crippen LogP contribution in [0.15, 0.2) is 55.0 Å². The van der Waals surface area contributed by atoms with Crippen LogP contribution in [-0.4, -0.2) is 45.3 Å². The molecule has 156 valence electrons. The van der Waals surface area contributed by atoms with Gasteiger partial charge in [0.1, 0.15) is 11.6 Å². The minimum Gasteiger partial charge on any atom is -0.493 e. The number of hydrogen-bond donors (Lipinski definition) is 0. The zero-order chi connectivity index (χ0) is 20.9. The predicted octanol–water partition coefficient (Wildman–Crippen LogP) is 3.80. The monoisotopic (exact) mass is 408 g/mol. The number of carbonyl (C=O) groups excluding carboxylic acids is 1. The van der Waals surface area contributed by atoms with Crippen LogP contribution in [0, 0.1) is 5.82 Å². The van der Waals surface area contributed by atoms with Gasteiger partial charge < -0.3 is 9.64 Å². The topological polar surface area (TPSA) is 60.2 Å². The fraction of sp³-hybridized carbons (Fsp3) is 0.348. The Kier molecular flexibility index (Phi) is 6.07. The summed E-state index contributed by atoms with van der Waals surface area (Å²) in [6.07, 6.45) is 7.90.